The molecule has 1 aliphatic heterocycles. The molecule has 0 amide bonds. The molecule has 3 aromatic carbocycles. The number of ether oxygens (including phenoxy) is 1. The molecule has 6 rings (SSSR count). The Hall–Kier alpha value is -5.06. The Morgan fingerprint density at radius 2 is 1.70 bits per heavy atom. The van der Waals surface area contributed by atoms with E-state index in [1.54, 1.807) is 72.8 Å². The highest BCUT2D eigenvalue weighted by Gasteiger charge is 2.38. The van der Waals surface area contributed by atoms with Gasteiger partial charge in [-0.1, -0.05) is 42.5 Å². The Morgan fingerprint density at radius 3 is 2.27 bits per heavy atom. The highest BCUT2D eigenvalue weighted by atomic mass is 32.1. The van der Waals surface area contributed by atoms with Crippen LogP contribution in [0.5, 0.6) is 23.0 Å². The number of nitrogens with zero attached hydrogens (tertiary/aromatic N) is 3. The molecule has 224 valence electrons. The third-order valence-corrected chi connectivity index (χ3v) is 9.14. The number of nitro groups is 1. The molecule has 1 aliphatic rings. The summed E-state index contributed by atoms with van der Waals surface area (Å²) < 4.78 is 42.1. The predicted octanol–water partition coefficient (Wildman–Crippen LogP) is 7.78. The van der Waals surface area contributed by atoms with Crippen LogP contribution in [0.15, 0.2) is 112 Å². The first-order chi connectivity index (χ1) is 21.3. The van der Waals surface area contributed by atoms with Gasteiger partial charge in [0.1, 0.15) is 28.0 Å². The molecule has 13 heteroatoms. The molecule has 3 heterocycles. The summed E-state index contributed by atoms with van der Waals surface area (Å²) in [5.41, 5.74) is 1.53. The van der Waals surface area contributed by atoms with Gasteiger partial charge in [-0.15, -0.1) is 16.1 Å². The molecule has 1 atom stereocenters. The summed E-state index contributed by atoms with van der Waals surface area (Å²) in [5, 5.41) is 24.0. The maximum absolute atomic E-state index is 14.5. The number of furan rings is 1. The molecule has 0 aliphatic carbocycles. The number of hydrogen-bond donors (Lipinski definition) is 1. The quantitative estimate of drug-likeness (QED) is 0.0931. The van der Waals surface area contributed by atoms with E-state index in [1.807, 2.05) is 22.4 Å². The average molecular weight is 632 g/mol. The Bertz CT molecular complexity index is 1800. The largest absolute Gasteiger partial charge is 0.564 e. The average Bonchev–Trinajstić information content (AvgIpc) is 3.71. The lowest BCUT2D eigenvalue weighted by Gasteiger charge is -2.39. The fraction of sp³-hybridized carbons (Fsp3) is 0.129. The molecule has 0 fully saturated rings. The summed E-state index contributed by atoms with van der Waals surface area (Å²) in [6, 6.07) is 26.7. The van der Waals surface area contributed by atoms with E-state index in [9.17, 15) is 19.8 Å². The number of benzene rings is 3. The molecule has 5 aromatic rings. The van der Waals surface area contributed by atoms with Gasteiger partial charge in [0, 0.05) is 11.3 Å². The normalized spacial score (nSPS) is 15.5. The van der Waals surface area contributed by atoms with Crippen molar-refractivity contribution in [1.82, 2.24) is 4.90 Å². The second-order valence-electron chi connectivity index (χ2n) is 9.74. The van der Waals surface area contributed by atoms with Gasteiger partial charge in [0.25, 0.3) is 0 Å². The van der Waals surface area contributed by atoms with Crippen molar-refractivity contribution < 1.29 is 32.8 Å². The molecule has 0 saturated carbocycles. The Morgan fingerprint density at radius 1 is 1.02 bits per heavy atom. The zero-order valence-electron chi connectivity index (χ0n) is 23.3. The van der Waals surface area contributed by atoms with Gasteiger partial charge in [0.15, 0.2) is 11.5 Å². The fourth-order valence-corrected chi connectivity index (χ4v) is 7.18. The Kier molecular flexibility index (Phi) is 8.10. The van der Waals surface area contributed by atoms with Crippen LogP contribution in [0, 0.1) is 10.1 Å². The number of fused-ring (bicyclic) bond motifs is 1. The van der Waals surface area contributed by atoms with Gasteiger partial charge in [0.2, 0.25) is 0 Å². The summed E-state index contributed by atoms with van der Waals surface area (Å²) in [4.78, 5) is 13.5. The van der Waals surface area contributed by atoms with Gasteiger partial charge in [-0.05, 0) is 65.0 Å². The summed E-state index contributed by atoms with van der Waals surface area (Å²) in [7, 11) is -2.84. The van der Waals surface area contributed by atoms with Gasteiger partial charge < -0.3 is 28.2 Å². The predicted molar refractivity (Wildman–Crippen MR) is 165 cm³/mol. The lowest BCUT2D eigenvalue weighted by molar-refractivity contribution is -0.402. The topological polar surface area (TPSA) is 137 Å². The maximum Gasteiger partial charge on any atom is 0.564 e. The summed E-state index contributed by atoms with van der Waals surface area (Å²) in [6.45, 7) is 0.0363. The van der Waals surface area contributed by atoms with Crippen LogP contribution in [-0.4, -0.2) is 27.9 Å². The van der Waals surface area contributed by atoms with Crippen molar-refractivity contribution in [1.29, 1.82) is 0 Å². The van der Waals surface area contributed by atoms with E-state index in [-0.39, 0.29) is 36.0 Å². The van der Waals surface area contributed by atoms with Crippen molar-refractivity contribution in [3.05, 3.63) is 134 Å². The minimum Gasteiger partial charge on any atom is -0.504 e. The van der Waals surface area contributed by atoms with E-state index >= 15 is 0 Å². The highest BCUT2D eigenvalue weighted by Crippen LogP contribution is 2.52. The second kappa shape index (κ2) is 12.3. The van der Waals surface area contributed by atoms with Gasteiger partial charge in [0.05, 0.1) is 25.8 Å². The smallest absolute Gasteiger partial charge is 0.504 e. The van der Waals surface area contributed by atoms with Gasteiger partial charge in [-0.25, -0.2) is 4.57 Å². The lowest BCUT2D eigenvalue weighted by atomic mass is 9.90. The monoisotopic (exact) mass is 631 g/mol. The molecule has 2 aromatic heterocycles. The molecule has 1 N–H and O–H groups in total. The number of para-hydroxylation sites is 2. The number of hydrogen-bond acceptors (Lipinski definition) is 9. The molecule has 44 heavy (non-hydrogen) atoms. The zero-order chi connectivity index (χ0) is 30.7. The lowest BCUT2D eigenvalue weighted by Crippen LogP contribution is -2.40. The minimum absolute atomic E-state index is 0.0363. The van der Waals surface area contributed by atoms with Gasteiger partial charge in [-0.3, -0.25) is 10.1 Å². The minimum atomic E-state index is -4.30. The van der Waals surface area contributed by atoms with Crippen molar-refractivity contribution in [2.45, 2.75) is 19.0 Å². The van der Waals surface area contributed by atoms with Gasteiger partial charge >= 0.3 is 13.6 Å². The van der Waals surface area contributed by atoms with Crippen molar-refractivity contribution >= 4 is 30.8 Å². The van der Waals surface area contributed by atoms with Crippen molar-refractivity contribution in [3.8, 4) is 23.0 Å². The van der Waals surface area contributed by atoms with Crippen LogP contribution in [0.3, 0.4) is 0 Å². The van der Waals surface area contributed by atoms with Crippen LogP contribution < -0.4 is 13.8 Å². The van der Waals surface area contributed by atoms with Crippen LogP contribution in [0.25, 0.3) is 0 Å². The van der Waals surface area contributed by atoms with Crippen LogP contribution >= 0.6 is 19.1 Å². The third kappa shape index (κ3) is 6.17. The van der Waals surface area contributed by atoms with Crippen LogP contribution in [0.4, 0.5) is 5.88 Å². The maximum atomic E-state index is 14.5. The van der Waals surface area contributed by atoms with Crippen LogP contribution in [-0.2, 0) is 17.5 Å². The Labute approximate surface area is 256 Å². The Balaban J connectivity index is 1.53. The molecule has 0 radical (unpaired) electrons. The van der Waals surface area contributed by atoms with Crippen molar-refractivity contribution in [2.75, 3.05) is 7.11 Å². The summed E-state index contributed by atoms with van der Waals surface area (Å²) in [5.74, 6) is 0.994. The standard InChI is InChI=1S/C31H26N3O8PS/c1-39-27-19-25-21(17-26(27)35)18-29(32-43(38,41-22-9-4-2-5-10-22)42-23-11-6-3-7-12-23)33(31(25)28-13-8-16-44-28)20-24-14-15-30(40-24)34(36)37/h2-17,19,31,35H,18,20H2,1H3/b32-29-. The second-order valence-corrected chi connectivity index (χ2v) is 12.2. The number of aromatic hydroxyl groups is 1. The van der Waals surface area contributed by atoms with E-state index in [2.05, 4.69) is 4.76 Å². The first kappa shape index (κ1) is 29.0. The van der Waals surface area contributed by atoms with E-state index in [4.69, 9.17) is 18.2 Å². The zero-order valence-corrected chi connectivity index (χ0v) is 25.0. The van der Waals surface area contributed by atoms with E-state index in [1.165, 1.54) is 30.6 Å². The number of phenolic OH excluding ortho intramolecular Hbond substituents is 1. The van der Waals surface area contributed by atoms with Crippen molar-refractivity contribution in [2.24, 2.45) is 4.76 Å². The van der Waals surface area contributed by atoms with E-state index < -0.39 is 24.6 Å². The van der Waals surface area contributed by atoms with Crippen LogP contribution in [0.1, 0.15) is 27.8 Å². The van der Waals surface area contributed by atoms with Crippen molar-refractivity contribution in [3.63, 3.8) is 0 Å². The van der Waals surface area contributed by atoms with E-state index in [0.29, 0.717) is 17.2 Å². The highest BCUT2D eigenvalue weighted by molar-refractivity contribution is 7.53. The first-order valence-electron chi connectivity index (χ1n) is 13.4. The molecule has 11 nitrogen and oxygen atoms in total. The SMILES string of the molecule is COc1cc2c(cc1O)C/C(=N/P(=O)(Oc1ccccc1)Oc1ccccc1)N(Cc1ccc([N+](=O)[O-])o1)C2c1cccs1. The molecule has 0 spiro atoms. The molecule has 0 bridgehead atoms. The number of thiophene rings is 1. The number of amidine groups is 1. The fourth-order valence-electron chi connectivity index (χ4n) is 4.96. The molecule has 1 unspecified atom stereocenters. The molecular weight excluding hydrogens is 605 g/mol. The van der Waals surface area contributed by atoms with Crippen LogP contribution in [0.2, 0.25) is 0 Å². The first-order valence-corrected chi connectivity index (χ1v) is 15.8. The molecular formula is C31H26N3O8PS. The van der Waals surface area contributed by atoms with Gasteiger partial charge in [-0.2, -0.15) is 0 Å². The number of rotatable bonds is 10. The third-order valence-electron chi connectivity index (χ3n) is 6.86. The number of phenols is 1. The summed E-state index contributed by atoms with van der Waals surface area (Å²) in [6.07, 6.45) is 0.123. The summed E-state index contributed by atoms with van der Waals surface area (Å²) >= 11 is 1.49. The number of methoxy groups -OCH3 is 1. The van der Waals surface area contributed by atoms with E-state index in [0.717, 1.165) is 10.4 Å². The molecule has 0 saturated heterocycles.